The zero-order valence-electron chi connectivity index (χ0n) is 14.4. The molecule has 0 bridgehead atoms. The average Bonchev–Trinajstić information content (AvgIpc) is 2.58. The molecule has 0 spiro atoms. The van der Waals surface area contributed by atoms with Crippen LogP contribution in [0.25, 0.3) is 0 Å². The Kier molecular flexibility index (Phi) is 6.29. The summed E-state index contributed by atoms with van der Waals surface area (Å²) in [6, 6.07) is 9.86. The van der Waals surface area contributed by atoms with E-state index in [1.807, 2.05) is 5.32 Å². The fourth-order valence-corrected chi connectivity index (χ4v) is 2.76. The van der Waals surface area contributed by atoms with Gasteiger partial charge < -0.3 is 10.1 Å². The number of rotatable bonds is 6. The van der Waals surface area contributed by atoms with Gasteiger partial charge in [-0.25, -0.2) is 13.2 Å². The Balaban J connectivity index is 2.06. The number of alkyl halides is 3. The van der Waals surface area contributed by atoms with E-state index in [2.05, 4.69) is 4.72 Å². The standard InChI is InChI=1S/C17H15F3N2O5S/c1-28(25,26)22-13-8-4-2-6-11(13)16(24)27-10-15(23)21-14-9-5-3-7-12(14)17(18,19)20/h2-9,22H,10H2,1H3,(H,21,23). The van der Waals surface area contributed by atoms with E-state index in [9.17, 15) is 31.2 Å². The minimum Gasteiger partial charge on any atom is -0.452 e. The molecule has 7 nitrogen and oxygen atoms in total. The Hall–Kier alpha value is -3.08. The number of carbonyl (C=O) groups excluding carboxylic acids is 2. The van der Waals surface area contributed by atoms with E-state index in [-0.39, 0.29) is 11.3 Å². The van der Waals surface area contributed by atoms with Crippen molar-refractivity contribution in [1.82, 2.24) is 0 Å². The predicted octanol–water partition coefficient (Wildman–Crippen LogP) is 2.87. The van der Waals surface area contributed by atoms with Gasteiger partial charge in [0.05, 0.1) is 28.8 Å². The third-order valence-corrected chi connectivity index (χ3v) is 3.87. The van der Waals surface area contributed by atoms with Gasteiger partial charge in [-0.15, -0.1) is 0 Å². The molecule has 0 aliphatic carbocycles. The molecule has 0 aliphatic heterocycles. The van der Waals surface area contributed by atoms with Crippen molar-refractivity contribution in [3.05, 3.63) is 59.7 Å². The third kappa shape index (κ3) is 5.98. The van der Waals surface area contributed by atoms with Crippen molar-refractivity contribution in [2.75, 3.05) is 22.9 Å². The lowest BCUT2D eigenvalue weighted by Gasteiger charge is -2.14. The second kappa shape index (κ2) is 8.30. The normalized spacial score (nSPS) is 11.6. The first-order valence-corrected chi connectivity index (χ1v) is 9.56. The van der Waals surface area contributed by atoms with Crippen molar-refractivity contribution in [3.63, 3.8) is 0 Å². The zero-order valence-corrected chi connectivity index (χ0v) is 15.2. The number of nitrogens with one attached hydrogen (secondary N) is 2. The Morgan fingerprint density at radius 3 is 2.18 bits per heavy atom. The van der Waals surface area contributed by atoms with Crippen LogP contribution >= 0.6 is 0 Å². The summed E-state index contributed by atoms with van der Waals surface area (Å²) in [5.41, 5.74) is -1.73. The molecule has 0 aliphatic rings. The molecule has 0 atom stereocenters. The molecule has 2 aromatic carbocycles. The number of anilines is 2. The van der Waals surface area contributed by atoms with Gasteiger partial charge in [0.1, 0.15) is 0 Å². The van der Waals surface area contributed by atoms with Crippen LogP contribution in [0.2, 0.25) is 0 Å². The fourth-order valence-electron chi connectivity index (χ4n) is 2.18. The summed E-state index contributed by atoms with van der Waals surface area (Å²) in [5, 5.41) is 2.03. The maximum absolute atomic E-state index is 12.9. The first-order valence-electron chi connectivity index (χ1n) is 7.67. The molecular weight excluding hydrogens is 401 g/mol. The highest BCUT2D eigenvalue weighted by molar-refractivity contribution is 7.92. The predicted molar refractivity (Wildman–Crippen MR) is 95.3 cm³/mol. The van der Waals surface area contributed by atoms with Gasteiger partial charge in [-0.05, 0) is 24.3 Å². The molecule has 11 heteroatoms. The molecule has 0 saturated heterocycles. The lowest BCUT2D eigenvalue weighted by molar-refractivity contribution is -0.137. The Bertz CT molecular complexity index is 990. The monoisotopic (exact) mass is 416 g/mol. The molecule has 0 fully saturated rings. The number of hydrogen-bond donors (Lipinski definition) is 2. The summed E-state index contributed by atoms with van der Waals surface area (Å²) in [6.07, 6.45) is -3.78. The van der Waals surface area contributed by atoms with Crippen molar-refractivity contribution in [2.24, 2.45) is 0 Å². The van der Waals surface area contributed by atoms with Crippen LogP contribution in [0.15, 0.2) is 48.5 Å². The van der Waals surface area contributed by atoms with Crippen molar-refractivity contribution >= 4 is 33.3 Å². The van der Waals surface area contributed by atoms with Crippen molar-refractivity contribution in [3.8, 4) is 0 Å². The molecule has 0 heterocycles. The highest BCUT2D eigenvalue weighted by Gasteiger charge is 2.33. The molecule has 0 aromatic heterocycles. The van der Waals surface area contributed by atoms with Gasteiger partial charge in [0, 0.05) is 0 Å². The van der Waals surface area contributed by atoms with E-state index in [4.69, 9.17) is 4.74 Å². The number of sulfonamides is 1. The van der Waals surface area contributed by atoms with Crippen LogP contribution in [-0.2, 0) is 25.7 Å². The van der Waals surface area contributed by atoms with E-state index in [1.54, 1.807) is 0 Å². The van der Waals surface area contributed by atoms with Crippen LogP contribution < -0.4 is 10.0 Å². The van der Waals surface area contributed by atoms with Gasteiger partial charge in [-0.2, -0.15) is 13.2 Å². The minimum atomic E-state index is -4.67. The van der Waals surface area contributed by atoms with Crippen molar-refractivity contribution in [2.45, 2.75) is 6.18 Å². The number of esters is 1. The summed E-state index contributed by atoms with van der Waals surface area (Å²) >= 11 is 0. The Morgan fingerprint density at radius 2 is 1.57 bits per heavy atom. The van der Waals surface area contributed by atoms with Gasteiger partial charge in [0.25, 0.3) is 5.91 Å². The lowest BCUT2D eigenvalue weighted by Crippen LogP contribution is -2.23. The van der Waals surface area contributed by atoms with E-state index in [1.165, 1.54) is 36.4 Å². The van der Waals surface area contributed by atoms with Crippen LogP contribution in [-0.4, -0.2) is 33.2 Å². The maximum atomic E-state index is 12.9. The minimum absolute atomic E-state index is 0.0576. The number of ether oxygens (including phenoxy) is 1. The number of hydrogen-bond acceptors (Lipinski definition) is 5. The molecule has 2 rings (SSSR count). The van der Waals surface area contributed by atoms with E-state index in [0.29, 0.717) is 0 Å². The molecule has 0 radical (unpaired) electrons. The summed E-state index contributed by atoms with van der Waals surface area (Å²) in [4.78, 5) is 24.0. The largest absolute Gasteiger partial charge is 0.452 e. The summed E-state index contributed by atoms with van der Waals surface area (Å²) in [6.45, 7) is -0.863. The summed E-state index contributed by atoms with van der Waals surface area (Å²) in [5.74, 6) is -2.01. The number of carbonyl (C=O) groups is 2. The number of halogens is 3. The van der Waals surface area contributed by atoms with Crippen LogP contribution in [0, 0.1) is 0 Å². The highest BCUT2D eigenvalue weighted by Crippen LogP contribution is 2.34. The van der Waals surface area contributed by atoms with E-state index in [0.717, 1.165) is 18.4 Å². The second-order valence-electron chi connectivity index (χ2n) is 5.59. The summed E-state index contributed by atoms with van der Waals surface area (Å²) < 4.78 is 68.3. The van der Waals surface area contributed by atoms with Gasteiger partial charge in [0.2, 0.25) is 10.0 Å². The molecule has 2 N–H and O–H groups in total. The van der Waals surface area contributed by atoms with Crippen LogP contribution in [0.5, 0.6) is 0 Å². The molecule has 150 valence electrons. The Labute approximate surface area is 158 Å². The average molecular weight is 416 g/mol. The Morgan fingerprint density at radius 1 is 1.00 bits per heavy atom. The quantitative estimate of drug-likeness (QED) is 0.705. The smallest absolute Gasteiger partial charge is 0.418 e. The third-order valence-electron chi connectivity index (χ3n) is 3.28. The molecule has 1 amide bonds. The van der Waals surface area contributed by atoms with E-state index >= 15 is 0 Å². The van der Waals surface area contributed by atoms with Crippen molar-refractivity contribution < 1.29 is 35.9 Å². The van der Waals surface area contributed by atoms with E-state index < -0.39 is 45.9 Å². The summed E-state index contributed by atoms with van der Waals surface area (Å²) in [7, 11) is -3.67. The number of amides is 1. The first-order chi connectivity index (χ1) is 13.0. The highest BCUT2D eigenvalue weighted by atomic mass is 32.2. The molecule has 0 saturated carbocycles. The molecule has 0 unspecified atom stereocenters. The van der Waals surface area contributed by atoms with Crippen LogP contribution in [0.3, 0.4) is 0 Å². The maximum Gasteiger partial charge on any atom is 0.418 e. The number of para-hydroxylation sites is 2. The molecule has 28 heavy (non-hydrogen) atoms. The SMILES string of the molecule is CS(=O)(=O)Nc1ccccc1C(=O)OCC(=O)Nc1ccccc1C(F)(F)F. The van der Waals surface area contributed by atoms with Gasteiger partial charge in [-0.3, -0.25) is 9.52 Å². The molecule has 2 aromatic rings. The van der Waals surface area contributed by atoms with Gasteiger partial charge in [0.15, 0.2) is 6.61 Å². The molecular formula is C17H15F3N2O5S. The topological polar surface area (TPSA) is 102 Å². The number of benzene rings is 2. The van der Waals surface area contributed by atoms with Gasteiger partial charge in [-0.1, -0.05) is 24.3 Å². The van der Waals surface area contributed by atoms with Crippen molar-refractivity contribution in [1.29, 1.82) is 0 Å². The first kappa shape index (κ1) is 21.2. The van der Waals surface area contributed by atoms with Gasteiger partial charge >= 0.3 is 12.1 Å². The lowest BCUT2D eigenvalue weighted by atomic mass is 10.1. The van der Waals surface area contributed by atoms with Crippen LogP contribution in [0.1, 0.15) is 15.9 Å². The zero-order chi connectivity index (χ0) is 20.9. The van der Waals surface area contributed by atoms with Crippen LogP contribution in [0.4, 0.5) is 24.5 Å². The second-order valence-corrected chi connectivity index (χ2v) is 7.34. The fraction of sp³-hybridized carbons (Fsp3) is 0.176.